The fourth-order valence-corrected chi connectivity index (χ4v) is 1.75. The first-order valence-electron chi connectivity index (χ1n) is 6.85. The molecule has 0 aliphatic heterocycles. The highest BCUT2D eigenvalue weighted by molar-refractivity contribution is 5.92. The molecular weight excluding hydrogens is 260 g/mol. The summed E-state index contributed by atoms with van der Waals surface area (Å²) in [6.07, 6.45) is 0. The molecule has 2 N–H and O–H groups in total. The summed E-state index contributed by atoms with van der Waals surface area (Å²) in [7, 11) is 0. The predicted molar refractivity (Wildman–Crippen MR) is 86.0 cm³/mol. The molecule has 0 aliphatic rings. The van der Waals surface area contributed by atoms with Gasteiger partial charge in [0.1, 0.15) is 0 Å². The number of amides is 1. The molecule has 3 nitrogen and oxygen atoms in total. The normalized spacial score (nSPS) is 9.57. The van der Waals surface area contributed by atoms with Crippen molar-refractivity contribution in [3.63, 3.8) is 0 Å². The minimum absolute atomic E-state index is 0.0691. The van der Waals surface area contributed by atoms with Crippen LogP contribution in [0, 0.1) is 18.8 Å². The van der Waals surface area contributed by atoms with Crippen molar-refractivity contribution >= 4 is 11.6 Å². The molecule has 0 unspecified atom stereocenters. The predicted octanol–water partition coefficient (Wildman–Crippen LogP) is 2.57. The minimum atomic E-state index is -0.0691. The van der Waals surface area contributed by atoms with E-state index < -0.39 is 0 Å². The van der Waals surface area contributed by atoms with Crippen LogP contribution in [-0.2, 0) is 4.79 Å². The summed E-state index contributed by atoms with van der Waals surface area (Å²) < 4.78 is 0. The van der Waals surface area contributed by atoms with Crippen molar-refractivity contribution in [2.45, 2.75) is 6.92 Å². The number of carbonyl (C=O) groups excluding carboxylic acids is 1. The zero-order chi connectivity index (χ0) is 14.9. The molecule has 21 heavy (non-hydrogen) atoms. The fraction of sp³-hybridized carbons (Fsp3) is 0.167. The van der Waals surface area contributed by atoms with Crippen LogP contribution in [0.2, 0.25) is 0 Å². The van der Waals surface area contributed by atoms with E-state index in [-0.39, 0.29) is 12.5 Å². The van der Waals surface area contributed by atoms with E-state index in [1.165, 1.54) is 5.56 Å². The van der Waals surface area contributed by atoms with Gasteiger partial charge in [0.25, 0.3) is 0 Å². The first-order chi connectivity index (χ1) is 10.2. The smallest absolute Gasteiger partial charge is 0.238 e. The van der Waals surface area contributed by atoms with E-state index in [2.05, 4.69) is 22.5 Å². The summed E-state index contributed by atoms with van der Waals surface area (Å²) >= 11 is 0. The van der Waals surface area contributed by atoms with Gasteiger partial charge in [-0.2, -0.15) is 0 Å². The number of benzene rings is 2. The van der Waals surface area contributed by atoms with Crippen LogP contribution >= 0.6 is 0 Å². The molecule has 2 rings (SSSR count). The van der Waals surface area contributed by atoms with E-state index in [9.17, 15) is 4.79 Å². The number of anilines is 1. The van der Waals surface area contributed by atoms with Crippen molar-refractivity contribution < 1.29 is 4.79 Å². The number of rotatable bonds is 4. The third-order valence-electron chi connectivity index (χ3n) is 2.84. The molecule has 0 atom stereocenters. The molecule has 2 aromatic carbocycles. The second-order valence-electron chi connectivity index (χ2n) is 4.69. The Bertz CT molecular complexity index is 636. The molecule has 0 saturated heterocycles. The van der Waals surface area contributed by atoms with Gasteiger partial charge in [0.2, 0.25) is 5.91 Å². The summed E-state index contributed by atoms with van der Waals surface area (Å²) in [6, 6.07) is 17.5. The largest absolute Gasteiger partial charge is 0.325 e. The maximum absolute atomic E-state index is 11.7. The van der Waals surface area contributed by atoms with Crippen molar-refractivity contribution in [2.75, 3.05) is 18.4 Å². The molecule has 0 saturated carbocycles. The second kappa shape index (κ2) is 7.88. The van der Waals surface area contributed by atoms with E-state index in [1.54, 1.807) is 0 Å². The van der Waals surface area contributed by atoms with Gasteiger partial charge >= 0.3 is 0 Å². The van der Waals surface area contributed by atoms with Gasteiger partial charge in [-0.05, 0) is 31.2 Å². The standard InChI is InChI=1S/C18H18N2O/c1-15-9-11-17(12-10-15)20-18(21)14-19-13-5-8-16-6-3-2-4-7-16/h2-4,6-7,9-12,19H,13-14H2,1H3,(H,20,21). The number of carbonyl (C=O) groups is 1. The van der Waals surface area contributed by atoms with Gasteiger partial charge in [0.05, 0.1) is 13.1 Å². The van der Waals surface area contributed by atoms with Crippen molar-refractivity contribution in [2.24, 2.45) is 0 Å². The molecule has 3 heteroatoms. The molecule has 2 aromatic rings. The highest BCUT2D eigenvalue weighted by atomic mass is 16.1. The minimum Gasteiger partial charge on any atom is -0.325 e. The molecule has 0 aromatic heterocycles. The van der Waals surface area contributed by atoms with E-state index in [1.807, 2.05) is 61.5 Å². The summed E-state index contributed by atoms with van der Waals surface area (Å²) in [6.45, 7) is 2.74. The number of aryl methyl sites for hydroxylation is 1. The maximum Gasteiger partial charge on any atom is 0.238 e. The summed E-state index contributed by atoms with van der Waals surface area (Å²) in [5, 5.41) is 5.83. The van der Waals surface area contributed by atoms with Gasteiger partial charge in [-0.1, -0.05) is 47.7 Å². The Morgan fingerprint density at radius 2 is 1.76 bits per heavy atom. The van der Waals surface area contributed by atoms with Crippen LogP contribution < -0.4 is 10.6 Å². The molecule has 0 heterocycles. The quantitative estimate of drug-likeness (QED) is 0.666. The van der Waals surface area contributed by atoms with Gasteiger partial charge in [-0.3, -0.25) is 10.1 Å². The lowest BCUT2D eigenvalue weighted by atomic mass is 10.2. The van der Waals surface area contributed by atoms with Crippen LogP contribution in [0.15, 0.2) is 54.6 Å². The lowest BCUT2D eigenvalue weighted by Gasteiger charge is -2.05. The summed E-state index contributed by atoms with van der Waals surface area (Å²) in [4.78, 5) is 11.7. The molecular formula is C18H18N2O. The topological polar surface area (TPSA) is 41.1 Å². The van der Waals surface area contributed by atoms with E-state index in [4.69, 9.17) is 0 Å². The average Bonchev–Trinajstić information content (AvgIpc) is 2.50. The van der Waals surface area contributed by atoms with E-state index >= 15 is 0 Å². The van der Waals surface area contributed by atoms with Gasteiger partial charge in [-0.15, -0.1) is 0 Å². The number of hydrogen-bond donors (Lipinski definition) is 2. The van der Waals surface area contributed by atoms with Crippen LogP contribution in [0.25, 0.3) is 0 Å². The monoisotopic (exact) mass is 278 g/mol. The molecule has 0 aliphatic carbocycles. The first-order valence-corrected chi connectivity index (χ1v) is 6.85. The second-order valence-corrected chi connectivity index (χ2v) is 4.69. The van der Waals surface area contributed by atoms with E-state index in [0.29, 0.717) is 6.54 Å². The van der Waals surface area contributed by atoms with Crippen molar-refractivity contribution in [3.05, 3.63) is 65.7 Å². The Morgan fingerprint density at radius 3 is 2.48 bits per heavy atom. The highest BCUT2D eigenvalue weighted by Gasteiger charge is 2.00. The molecule has 0 radical (unpaired) electrons. The van der Waals surface area contributed by atoms with Gasteiger partial charge in [0.15, 0.2) is 0 Å². The van der Waals surface area contributed by atoms with Crippen molar-refractivity contribution in [3.8, 4) is 11.8 Å². The Morgan fingerprint density at radius 1 is 1.05 bits per heavy atom. The first kappa shape index (κ1) is 14.8. The van der Waals surface area contributed by atoms with Gasteiger partial charge in [-0.25, -0.2) is 0 Å². The van der Waals surface area contributed by atoms with Crippen LogP contribution in [0.4, 0.5) is 5.69 Å². The SMILES string of the molecule is Cc1ccc(NC(=O)CNCC#Cc2ccccc2)cc1. The van der Waals surface area contributed by atoms with Crippen LogP contribution in [0.5, 0.6) is 0 Å². The Kier molecular flexibility index (Phi) is 5.57. The van der Waals surface area contributed by atoms with Crippen molar-refractivity contribution in [1.29, 1.82) is 0 Å². The number of hydrogen-bond acceptors (Lipinski definition) is 2. The highest BCUT2D eigenvalue weighted by Crippen LogP contribution is 2.07. The molecule has 1 amide bonds. The Labute approximate surface area is 125 Å². The third kappa shape index (κ3) is 5.52. The van der Waals surface area contributed by atoms with Crippen molar-refractivity contribution in [1.82, 2.24) is 5.32 Å². The van der Waals surface area contributed by atoms with E-state index in [0.717, 1.165) is 11.3 Å². The average molecular weight is 278 g/mol. The van der Waals surface area contributed by atoms with Gasteiger partial charge < -0.3 is 5.32 Å². The Balaban J connectivity index is 1.70. The molecule has 0 fully saturated rings. The van der Waals surface area contributed by atoms with Gasteiger partial charge in [0, 0.05) is 11.3 Å². The van der Waals surface area contributed by atoms with Crippen LogP contribution in [0.3, 0.4) is 0 Å². The lowest BCUT2D eigenvalue weighted by Crippen LogP contribution is -2.28. The Hall–Kier alpha value is -2.57. The number of nitrogens with one attached hydrogen (secondary N) is 2. The zero-order valence-corrected chi connectivity index (χ0v) is 12.0. The molecule has 106 valence electrons. The molecule has 0 bridgehead atoms. The lowest BCUT2D eigenvalue weighted by molar-refractivity contribution is -0.115. The maximum atomic E-state index is 11.7. The zero-order valence-electron chi connectivity index (χ0n) is 12.0. The third-order valence-corrected chi connectivity index (χ3v) is 2.84. The van der Waals surface area contributed by atoms with Crippen LogP contribution in [0.1, 0.15) is 11.1 Å². The summed E-state index contributed by atoms with van der Waals surface area (Å²) in [5.41, 5.74) is 2.95. The fourth-order valence-electron chi connectivity index (χ4n) is 1.75. The van der Waals surface area contributed by atoms with Crippen LogP contribution in [-0.4, -0.2) is 19.0 Å². The summed E-state index contributed by atoms with van der Waals surface area (Å²) in [5.74, 6) is 5.95. The molecule has 0 spiro atoms.